The summed E-state index contributed by atoms with van der Waals surface area (Å²) in [6.45, 7) is 6.10. The molecule has 1 atom stereocenters. The van der Waals surface area contributed by atoms with E-state index in [2.05, 4.69) is 0 Å². The summed E-state index contributed by atoms with van der Waals surface area (Å²) < 4.78 is 16.6. The van der Waals surface area contributed by atoms with Crippen LogP contribution in [0.3, 0.4) is 0 Å². The normalized spacial score (nSPS) is 16.8. The van der Waals surface area contributed by atoms with Crippen molar-refractivity contribution in [3.63, 3.8) is 0 Å². The second-order valence-electron chi connectivity index (χ2n) is 8.56. The maximum atomic E-state index is 13.5. The van der Waals surface area contributed by atoms with E-state index in [1.165, 1.54) is 19.1 Å². The summed E-state index contributed by atoms with van der Waals surface area (Å²) in [6.07, 6.45) is 0. The number of aliphatic hydroxyl groups is 1. The van der Waals surface area contributed by atoms with E-state index < -0.39 is 17.7 Å². The molecule has 1 fully saturated rings. The summed E-state index contributed by atoms with van der Waals surface area (Å²) in [7, 11) is 3.01. The number of benzene rings is 3. The largest absolute Gasteiger partial charge is 0.507 e. The van der Waals surface area contributed by atoms with Crippen molar-refractivity contribution >= 4 is 23.1 Å². The fourth-order valence-electron chi connectivity index (χ4n) is 4.47. The Morgan fingerprint density at radius 2 is 1.58 bits per heavy atom. The van der Waals surface area contributed by atoms with Crippen LogP contribution < -0.4 is 19.1 Å². The molecule has 0 bridgehead atoms. The third-order valence-corrected chi connectivity index (χ3v) is 6.14. The molecular weight excluding hydrogens is 458 g/mol. The molecule has 7 nitrogen and oxygen atoms in total. The molecule has 1 unspecified atom stereocenters. The third-order valence-electron chi connectivity index (χ3n) is 6.14. The number of aliphatic hydroxyl groups excluding tert-OH is 1. The topological polar surface area (TPSA) is 85.3 Å². The summed E-state index contributed by atoms with van der Waals surface area (Å²) in [5, 5.41) is 11.5. The lowest BCUT2D eigenvalue weighted by Gasteiger charge is -2.26. The van der Waals surface area contributed by atoms with Crippen LogP contribution in [0.1, 0.15) is 35.2 Å². The highest BCUT2D eigenvalue weighted by molar-refractivity contribution is 6.51. The fourth-order valence-corrected chi connectivity index (χ4v) is 4.47. The van der Waals surface area contributed by atoms with Crippen molar-refractivity contribution in [1.82, 2.24) is 0 Å². The van der Waals surface area contributed by atoms with Crippen LogP contribution in [0.4, 0.5) is 5.69 Å². The number of hydrogen-bond acceptors (Lipinski definition) is 6. The predicted molar refractivity (Wildman–Crippen MR) is 138 cm³/mol. The molecule has 3 aromatic carbocycles. The molecule has 3 aromatic rings. The number of carbonyl (C=O) groups is 2. The molecule has 36 heavy (non-hydrogen) atoms. The molecule has 0 radical (unpaired) electrons. The number of carbonyl (C=O) groups excluding carboxylic acids is 2. The van der Waals surface area contributed by atoms with Gasteiger partial charge in [-0.3, -0.25) is 14.5 Å². The van der Waals surface area contributed by atoms with E-state index in [4.69, 9.17) is 14.2 Å². The Bertz CT molecular complexity index is 1360. The lowest BCUT2D eigenvalue weighted by Crippen LogP contribution is -2.29. The molecule has 186 valence electrons. The number of Topliss-reactive ketones (excluding diaryl/α,β-unsaturated/α-hetero) is 1. The van der Waals surface area contributed by atoms with E-state index in [-0.39, 0.29) is 11.3 Å². The van der Waals surface area contributed by atoms with Crippen molar-refractivity contribution in [1.29, 1.82) is 0 Å². The number of amides is 1. The van der Waals surface area contributed by atoms with Crippen molar-refractivity contribution in [2.75, 3.05) is 25.7 Å². The Balaban J connectivity index is 2.00. The molecular formula is C29H29NO6. The SMILES string of the molecule is CCOc1ccc(C2/C(=C(\O)c3cc(C)ccc3OC)C(=O)C(=O)N2c2cccc(C)c2)cc1OC. The summed E-state index contributed by atoms with van der Waals surface area (Å²) in [5.74, 6) is -0.430. The van der Waals surface area contributed by atoms with E-state index in [1.54, 1.807) is 36.4 Å². The van der Waals surface area contributed by atoms with E-state index in [0.29, 0.717) is 40.7 Å². The van der Waals surface area contributed by atoms with Gasteiger partial charge in [-0.15, -0.1) is 0 Å². The smallest absolute Gasteiger partial charge is 0.300 e. The van der Waals surface area contributed by atoms with Crippen LogP contribution in [0.5, 0.6) is 17.2 Å². The van der Waals surface area contributed by atoms with Gasteiger partial charge in [0, 0.05) is 5.69 Å². The molecule has 7 heteroatoms. The van der Waals surface area contributed by atoms with Crippen LogP contribution in [0, 0.1) is 13.8 Å². The van der Waals surface area contributed by atoms with E-state index >= 15 is 0 Å². The number of ketones is 1. The number of anilines is 1. The minimum atomic E-state index is -0.901. The predicted octanol–water partition coefficient (Wildman–Crippen LogP) is 5.35. The van der Waals surface area contributed by atoms with Gasteiger partial charge in [-0.1, -0.05) is 29.8 Å². The van der Waals surface area contributed by atoms with E-state index in [1.807, 2.05) is 45.0 Å². The highest BCUT2D eigenvalue weighted by Crippen LogP contribution is 2.45. The monoisotopic (exact) mass is 487 g/mol. The number of ether oxygens (including phenoxy) is 3. The molecule has 1 saturated heterocycles. The Kier molecular flexibility index (Phi) is 7.01. The average molecular weight is 488 g/mol. The van der Waals surface area contributed by atoms with E-state index in [0.717, 1.165) is 11.1 Å². The van der Waals surface area contributed by atoms with Crippen LogP contribution in [0.25, 0.3) is 5.76 Å². The summed E-state index contributed by atoms with van der Waals surface area (Å²) in [4.78, 5) is 28.3. The number of aryl methyl sites for hydroxylation is 2. The molecule has 0 aliphatic carbocycles. The lowest BCUT2D eigenvalue weighted by atomic mass is 9.94. The Labute approximate surface area is 210 Å². The van der Waals surface area contributed by atoms with E-state index in [9.17, 15) is 14.7 Å². The van der Waals surface area contributed by atoms with Crippen molar-refractivity contribution in [2.24, 2.45) is 0 Å². The van der Waals surface area contributed by atoms with Crippen molar-refractivity contribution in [2.45, 2.75) is 26.8 Å². The highest BCUT2D eigenvalue weighted by Gasteiger charge is 2.47. The molecule has 1 aliphatic heterocycles. The summed E-state index contributed by atoms with van der Waals surface area (Å²) >= 11 is 0. The molecule has 1 heterocycles. The zero-order chi connectivity index (χ0) is 26.0. The van der Waals surface area contributed by atoms with Crippen LogP contribution in [-0.4, -0.2) is 37.6 Å². The van der Waals surface area contributed by atoms with Crippen LogP contribution in [0.15, 0.2) is 66.2 Å². The van der Waals surface area contributed by atoms with Gasteiger partial charge in [0.1, 0.15) is 11.5 Å². The zero-order valence-corrected chi connectivity index (χ0v) is 21.0. The summed E-state index contributed by atoms with van der Waals surface area (Å²) in [5.41, 5.74) is 3.23. The standard InChI is InChI=1S/C29H29NO6/c1-6-36-23-13-11-19(16-24(23)35-5)26-25(27(31)21-15-18(3)10-12-22(21)34-4)28(32)29(33)30(26)20-9-7-8-17(2)14-20/h7-16,26,31H,6H2,1-5H3/b27-25+. The maximum absolute atomic E-state index is 13.5. The number of rotatable bonds is 7. The van der Waals surface area contributed by atoms with Gasteiger partial charge in [0.15, 0.2) is 11.5 Å². The Morgan fingerprint density at radius 3 is 2.25 bits per heavy atom. The van der Waals surface area contributed by atoms with Crippen LogP contribution >= 0.6 is 0 Å². The second-order valence-corrected chi connectivity index (χ2v) is 8.56. The number of nitrogens with zero attached hydrogens (tertiary/aromatic N) is 1. The molecule has 1 amide bonds. The van der Waals surface area contributed by atoms with Gasteiger partial charge in [-0.2, -0.15) is 0 Å². The molecule has 4 rings (SSSR count). The summed E-state index contributed by atoms with van der Waals surface area (Å²) in [6, 6.07) is 17.0. The first-order chi connectivity index (χ1) is 17.3. The number of hydrogen-bond donors (Lipinski definition) is 1. The Hall–Kier alpha value is -4.26. The van der Waals surface area contributed by atoms with Crippen LogP contribution in [-0.2, 0) is 9.59 Å². The van der Waals surface area contributed by atoms with Gasteiger partial charge in [0.2, 0.25) is 0 Å². The Morgan fingerprint density at radius 1 is 0.889 bits per heavy atom. The minimum Gasteiger partial charge on any atom is -0.507 e. The fraction of sp³-hybridized carbons (Fsp3) is 0.241. The van der Waals surface area contributed by atoms with Gasteiger partial charge < -0.3 is 19.3 Å². The quantitative estimate of drug-likeness (QED) is 0.275. The van der Waals surface area contributed by atoms with Crippen molar-refractivity contribution in [3.8, 4) is 17.2 Å². The molecule has 1 N–H and O–H groups in total. The zero-order valence-electron chi connectivity index (χ0n) is 21.0. The lowest BCUT2D eigenvalue weighted by molar-refractivity contribution is -0.132. The third kappa shape index (κ3) is 4.40. The van der Waals surface area contributed by atoms with Gasteiger partial charge in [0.25, 0.3) is 11.7 Å². The van der Waals surface area contributed by atoms with Crippen LogP contribution in [0.2, 0.25) is 0 Å². The first-order valence-electron chi connectivity index (χ1n) is 11.6. The van der Waals surface area contributed by atoms with Gasteiger partial charge in [-0.25, -0.2) is 0 Å². The minimum absolute atomic E-state index is 0.0309. The van der Waals surface area contributed by atoms with Gasteiger partial charge >= 0.3 is 0 Å². The molecule has 0 spiro atoms. The average Bonchev–Trinajstić information content (AvgIpc) is 3.14. The van der Waals surface area contributed by atoms with Crippen molar-refractivity contribution in [3.05, 3.63) is 88.5 Å². The van der Waals surface area contributed by atoms with Gasteiger partial charge in [-0.05, 0) is 68.3 Å². The second kappa shape index (κ2) is 10.2. The van der Waals surface area contributed by atoms with Gasteiger partial charge in [0.05, 0.1) is 38.0 Å². The number of methoxy groups -OCH3 is 2. The molecule has 0 aromatic heterocycles. The molecule has 1 aliphatic rings. The first-order valence-corrected chi connectivity index (χ1v) is 11.6. The highest BCUT2D eigenvalue weighted by atomic mass is 16.5. The van der Waals surface area contributed by atoms with Crippen molar-refractivity contribution < 1.29 is 28.9 Å². The first kappa shape index (κ1) is 24.9. The molecule has 0 saturated carbocycles. The maximum Gasteiger partial charge on any atom is 0.300 e.